The Hall–Kier alpha value is -2.90. The van der Waals surface area contributed by atoms with Crippen molar-refractivity contribution in [1.82, 2.24) is 34.0 Å². The predicted molar refractivity (Wildman–Crippen MR) is 106 cm³/mol. The van der Waals surface area contributed by atoms with Gasteiger partial charge in [0.2, 0.25) is 0 Å². The average molecular weight is 381 g/mol. The molecule has 8 heteroatoms. The monoisotopic (exact) mass is 381 g/mol. The normalized spacial score (nSPS) is 15.4. The lowest BCUT2D eigenvalue weighted by Crippen LogP contribution is -2.39. The standard InChI is InChI=1S/C20H27N7O/c1-13-18(14(2)25(4)22-13)16-12-17(26(5)23-16)20(28)27-9-6-15(7-10-27)19-21-8-11-24(19)3/h8,11-12,15H,6-7,9-10H2,1-5H3. The van der Waals surface area contributed by atoms with E-state index in [1.54, 1.807) is 4.68 Å². The van der Waals surface area contributed by atoms with Crippen molar-refractivity contribution in [3.05, 3.63) is 41.4 Å². The van der Waals surface area contributed by atoms with Gasteiger partial charge in [0.15, 0.2) is 0 Å². The number of aryl methyl sites for hydroxylation is 4. The summed E-state index contributed by atoms with van der Waals surface area (Å²) >= 11 is 0. The highest BCUT2D eigenvalue weighted by atomic mass is 16.2. The number of carbonyl (C=O) groups excluding carboxylic acids is 1. The van der Waals surface area contributed by atoms with Gasteiger partial charge in [0.25, 0.3) is 5.91 Å². The Morgan fingerprint density at radius 1 is 1.07 bits per heavy atom. The third kappa shape index (κ3) is 3.02. The van der Waals surface area contributed by atoms with E-state index in [0.717, 1.165) is 54.4 Å². The molecule has 3 aromatic heterocycles. The van der Waals surface area contributed by atoms with Gasteiger partial charge in [0.05, 0.1) is 11.4 Å². The maximum Gasteiger partial charge on any atom is 0.272 e. The van der Waals surface area contributed by atoms with Gasteiger partial charge in [-0.1, -0.05) is 0 Å². The molecule has 0 saturated carbocycles. The first kappa shape index (κ1) is 18.5. The molecule has 0 unspecified atom stereocenters. The fourth-order valence-electron chi connectivity index (χ4n) is 4.21. The molecule has 1 fully saturated rings. The molecule has 0 bridgehead atoms. The third-order valence-electron chi connectivity index (χ3n) is 5.87. The molecule has 28 heavy (non-hydrogen) atoms. The number of hydrogen-bond acceptors (Lipinski definition) is 4. The van der Waals surface area contributed by atoms with Gasteiger partial charge in [-0.2, -0.15) is 10.2 Å². The van der Waals surface area contributed by atoms with Gasteiger partial charge in [-0.3, -0.25) is 14.2 Å². The van der Waals surface area contributed by atoms with Crippen molar-refractivity contribution in [2.75, 3.05) is 13.1 Å². The minimum Gasteiger partial charge on any atom is -0.338 e. The average Bonchev–Trinajstić information content (AvgIpc) is 3.33. The van der Waals surface area contributed by atoms with Crippen molar-refractivity contribution in [2.24, 2.45) is 21.1 Å². The highest BCUT2D eigenvalue weighted by Crippen LogP contribution is 2.29. The zero-order chi connectivity index (χ0) is 20.0. The van der Waals surface area contributed by atoms with E-state index in [-0.39, 0.29) is 5.91 Å². The quantitative estimate of drug-likeness (QED) is 0.697. The molecule has 4 heterocycles. The van der Waals surface area contributed by atoms with Crippen LogP contribution in [0, 0.1) is 13.8 Å². The number of rotatable bonds is 3. The Bertz CT molecular complexity index is 1020. The van der Waals surface area contributed by atoms with Crippen LogP contribution in [0.5, 0.6) is 0 Å². The number of nitrogens with zero attached hydrogens (tertiary/aromatic N) is 7. The lowest BCUT2D eigenvalue weighted by atomic mass is 9.95. The van der Waals surface area contributed by atoms with Crippen molar-refractivity contribution in [3.8, 4) is 11.3 Å². The summed E-state index contributed by atoms with van der Waals surface area (Å²) in [5.74, 6) is 1.56. The molecule has 0 aliphatic carbocycles. The number of aromatic nitrogens is 6. The Morgan fingerprint density at radius 2 is 1.79 bits per heavy atom. The highest BCUT2D eigenvalue weighted by molar-refractivity contribution is 5.94. The summed E-state index contributed by atoms with van der Waals surface area (Å²) in [6.45, 7) is 5.47. The summed E-state index contributed by atoms with van der Waals surface area (Å²) in [4.78, 5) is 19.5. The zero-order valence-corrected chi connectivity index (χ0v) is 17.2. The van der Waals surface area contributed by atoms with E-state index in [0.29, 0.717) is 11.6 Å². The van der Waals surface area contributed by atoms with Crippen LogP contribution in [-0.2, 0) is 21.1 Å². The minimum atomic E-state index is 0.0405. The van der Waals surface area contributed by atoms with Crippen molar-refractivity contribution >= 4 is 5.91 Å². The number of carbonyl (C=O) groups is 1. The molecule has 0 aromatic carbocycles. The number of hydrogen-bond donors (Lipinski definition) is 0. The summed E-state index contributed by atoms with van der Waals surface area (Å²) in [6.07, 6.45) is 5.68. The first-order chi connectivity index (χ1) is 13.4. The van der Waals surface area contributed by atoms with Crippen molar-refractivity contribution in [2.45, 2.75) is 32.6 Å². The van der Waals surface area contributed by atoms with Crippen molar-refractivity contribution in [3.63, 3.8) is 0 Å². The molecular formula is C20H27N7O. The van der Waals surface area contributed by atoms with E-state index < -0.39 is 0 Å². The van der Waals surface area contributed by atoms with Gasteiger partial charge in [-0.15, -0.1) is 0 Å². The Morgan fingerprint density at radius 3 is 2.36 bits per heavy atom. The molecule has 1 aliphatic heterocycles. The molecule has 148 valence electrons. The van der Waals surface area contributed by atoms with Crippen LogP contribution in [0.1, 0.15) is 46.5 Å². The summed E-state index contributed by atoms with van der Waals surface area (Å²) in [5.41, 5.74) is 4.40. The third-order valence-corrected chi connectivity index (χ3v) is 5.87. The van der Waals surface area contributed by atoms with Gasteiger partial charge in [0.1, 0.15) is 11.5 Å². The Kier molecular flexibility index (Phi) is 4.56. The van der Waals surface area contributed by atoms with Gasteiger partial charge < -0.3 is 9.47 Å². The van der Waals surface area contributed by atoms with E-state index in [9.17, 15) is 4.79 Å². The zero-order valence-electron chi connectivity index (χ0n) is 17.2. The molecule has 4 rings (SSSR count). The second kappa shape index (κ2) is 6.92. The largest absolute Gasteiger partial charge is 0.338 e. The van der Waals surface area contributed by atoms with E-state index in [4.69, 9.17) is 0 Å². The summed E-state index contributed by atoms with van der Waals surface area (Å²) in [6, 6.07) is 1.89. The highest BCUT2D eigenvalue weighted by Gasteiger charge is 2.28. The van der Waals surface area contributed by atoms with Gasteiger partial charge in [0, 0.05) is 63.8 Å². The fourth-order valence-corrected chi connectivity index (χ4v) is 4.21. The van der Waals surface area contributed by atoms with Crippen LogP contribution in [0.4, 0.5) is 0 Å². The summed E-state index contributed by atoms with van der Waals surface area (Å²) in [5, 5.41) is 9.07. The number of amides is 1. The lowest BCUT2D eigenvalue weighted by molar-refractivity contribution is 0.0699. The SMILES string of the molecule is Cc1nn(C)c(C)c1-c1cc(C(=O)N2CCC(c3nccn3C)CC2)n(C)n1. The molecule has 1 amide bonds. The van der Waals surface area contributed by atoms with Gasteiger partial charge in [-0.25, -0.2) is 4.98 Å². The fraction of sp³-hybridized carbons (Fsp3) is 0.500. The van der Waals surface area contributed by atoms with E-state index in [2.05, 4.69) is 19.7 Å². The van der Waals surface area contributed by atoms with Crippen LogP contribution in [-0.4, -0.2) is 53.0 Å². The molecule has 0 spiro atoms. The number of likely N-dealkylation sites (tertiary alicyclic amines) is 1. The molecule has 0 N–H and O–H groups in total. The molecule has 1 aliphatic rings. The smallest absolute Gasteiger partial charge is 0.272 e. The number of imidazole rings is 1. The molecule has 3 aromatic rings. The van der Waals surface area contributed by atoms with Crippen LogP contribution in [0.15, 0.2) is 18.5 Å². The lowest BCUT2D eigenvalue weighted by Gasteiger charge is -2.31. The van der Waals surface area contributed by atoms with Gasteiger partial charge >= 0.3 is 0 Å². The first-order valence-electron chi connectivity index (χ1n) is 9.68. The molecule has 0 radical (unpaired) electrons. The number of piperidine rings is 1. The van der Waals surface area contributed by atoms with Crippen LogP contribution in [0.25, 0.3) is 11.3 Å². The van der Waals surface area contributed by atoms with E-state index >= 15 is 0 Å². The topological polar surface area (TPSA) is 73.8 Å². The van der Waals surface area contributed by atoms with Gasteiger partial charge in [-0.05, 0) is 32.8 Å². The van der Waals surface area contributed by atoms with Crippen LogP contribution in [0.2, 0.25) is 0 Å². The Labute approximate surface area is 164 Å². The Balaban J connectivity index is 1.52. The van der Waals surface area contributed by atoms with Crippen LogP contribution >= 0.6 is 0 Å². The maximum atomic E-state index is 13.1. The minimum absolute atomic E-state index is 0.0405. The van der Waals surface area contributed by atoms with Crippen LogP contribution in [0.3, 0.4) is 0 Å². The summed E-state index contributed by atoms with van der Waals surface area (Å²) in [7, 11) is 5.78. The molecule has 0 atom stereocenters. The molecular weight excluding hydrogens is 354 g/mol. The van der Waals surface area contributed by atoms with Crippen LogP contribution < -0.4 is 0 Å². The molecule has 8 nitrogen and oxygen atoms in total. The van der Waals surface area contributed by atoms with Crippen molar-refractivity contribution < 1.29 is 4.79 Å². The first-order valence-corrected chi connectivity index (χ1v) is 9.68. The van der Waals surface area contributed by atoms with E-state index in [1.807, 2.05) is 63.0 Å². The van der Waals surface area contributed by atoms with Crippen molar-refractivity contribution in [1.29, 1.82) is 0 Å². The second-order valence-electron chi connectivity index (χ2n) is 7.67. The summed E-state index contributed by atoms with van der Waals surface area (Å²) < 4.78 is 5.62. The maximum absolute atomic E-state index is 13.1. The van der Waals surface area contributed by atoms with E-state index in [1.165, 1.54) is 0 Å². The molecule has 1 saturated heterocycles. The second-order valence-corrected chi connectivity index (χ2v) is 7.67. The predicted octanol–water partition coefficient (Wildman–Crippen LogP) is 2.19.